The summed E-state index contributed by atoms with van der Waals surface area (Å²) < 4.78 is 40.8. The number of esters is 2. The van der Waals surface area contributed by atoms with E-state index in [-0.39, 0.29) is 23.2 Å². The molecular formula is C37H40O7Si. The van der Waals surface area contributed by atoms with Gasteiger partial charge in [-0.05, 0) is 37.2 Å². The number of aliphatic hydroxyl groups is 1. The van der Waals surface area contributed by atoms with Crippen molar-refractivity contribution >= 4 is 30.4 Å². The van der Waals surface area contributed by atoms with Gasteiger partial charge in [0.25, 0.3) is 0 Å². The van der Waals surface area contributed by atoms with Crippen molar-refractivity contribution in [1.29, 1.82) is 0 Å². The van der Waals surface area contributed by atoms with Gasteiger partial charge in [0.15, 0.2) is 26.6 Å². The molecule has 5 rings (SSSR count). The Balaban J connectivity index is 1.67. The molecule has 4 aromatic rings. The molecule has 1 N–H and O–H groups in total. The smallest absolute Gasteiger partial charge is 0.338 e. The van der Waals surface area contributed by atoms with Gasteiger partial charge in [-0.25, -0.2) is 9.59 Å². The fourth-order valence-corrected chi connectivity index (χ4v) is 12.1. The van der Waals surface area contributed by atoms with E-state index in [0.29, 0.717) is 6.04 Å². The summed E-state index contributed by atoms with van der Waals surface area (Å²) >= 11 is 0. The average molecular weight is 629 g/mol. The molecular weight excluding hydrogens is 584 g/mol. The van der Waals surface area contributed by atoms with Crippen LogP contribution in [-0.4, -0.2) is 62.1 Å². The van der Waals surface area contributed by atoms with Crippen LogP contribution in [0.5, 0.6) is 0 Å². The Kier molecular flexibility index (Phi) is 9.44. The SMILES string of the molecule is [3H]c1ccccc1C(=O)O[C@H]1[C@H](OC)O[C@H]([C@@](C)(O)[Si](CCCC)(c2ccccc2)c2ccccc2)[C@H]1OC(=O)c1ccccc1[3H]. The van der Waals surface area contributed by atoms with Gasteiger partial charge >= 0.3 is 11.9 Å². The zero-order chi connectivity index (χ0) is 33.6. The molecule has 0 saturated carbocycles. The van der Waals surface area contributed by atoms with Gasteiger partial charge in [0.1, 0.15) is 6.10 Å². The number of unbranched alkanes of at least 4 members (excludes halogenated alkanes) is 1. The predicted octanol–water partition coefficient (Wildman–Crippen LogP) is 5.16. The predicted molar refractivity (Wildman–Crippen MR) is 175 cm³/mol. The van der Waals surface area contributed by atoms with Crippen molar-refractivity contribution in [3.05, 3.63) is 132 Å². The van der Waals surface area contributed by atoms with E-state index >= 15 is 0 Å². The highest BCUT2D eigenvalue weighted by Crippen LogP contribution is 2.40. The minimum Gasteiger partial charge on any atom is -0.452 e. The molecule has 1 saturated heterocycles. The third-order valence-electron chi connectivity index (χ3n) is 8.60. The highest BCUT2D eigenvalue weighted by Gasteiger charge is 2.64. The summed E-state index contributed by atoms with van der Waals surface area (Å²) in [4.78, 5) is 27.2. The zero-order valence-electron chi connectivity index (χ0n) is 27.7. The molecule has 1 heterocycles. The monoisotopic (exact) mass is 628 g/mol. The number of hydrogen-bond acceptors (Lipinski definition) is 7. The summed E-state index contributed by atoms with van der Waals surface area (Å²) in [5, 5.41) is 13.4. The maximum Gasteiger partial charge on any atom is 0.338 e. The van der Waals surface area contributed by atoms with Crippen molar-refractivity contribution in [2.45, 2.75) is 62.6 Å². The van der Waals surface area contributed by atoms with E-state index in [1.807, 2.05) is 60.7 Å². The minimum absolute atomic E-state index is 0.00829. The molecule has 45 heavy (non-hydrogen) atoms. The number of carbonyl (C=O) groups excluding carboxylic acids is 2. The number of carbonyl (C=O) groups is 2. The van der Waals surface area contributed by atoms with Crippen LogP contribution < -0.4 is 10.4 Å². The molecule has 0 spiro atoms. The van der Waals surface area contributed by atoms with Crippen molar-refractivity contribution in [3.63, 3.8) is 0 Å². The third-order valence-corrected chi connectivity index (χ3v) is 14.4. The fourth-order valence-electron chi connectivity index (χ4n) is 6.36. The lowest BCUT2D eigenvalue weighted by Crippen LogP contribution is -2.77. The number of benzene rings is 4. The third kappa shape index (κ3) is 6.51. The molecule has 1 aliphatic heterocycles. The molecule has 0 aromatic heterocycles. The minimum atomic E-state index is -3.25. The van der Waals surface area contributed by atoms with Crippen molar-refractivity contribution in [2.75, 3.05) is 7.11 Å². The highest BCUT2D eigenvalue weighted by molar-refractivity contribution is 7.04. The summed E-state index contributed by atoms with van der Waals surface area (Å²) in [5.41, 5.74) is 0.0216. The topological polar surface area (TPSA) is 91.3 Å². The number of ether oxygens (including phenoxy) is 4. The van der Waals surface area contributed by atoms with E-state index in [0.717, 1.165) is 23.2 Å². The maximum atomic E-state index is 13.7. The first-order valence-corrected chi connectivity index (χ1v) is 17.4. The van der Waals surface area contributed by atoms with Crippen LogP contribution in [0.4, 0.5) is 0 Å². The van der Waals surface area contributed by atoms with Gasteiger partial charge in [-0.2, -0.15) is 0 Å². The Morgan fingerprint density at radius 2 is 1.27 bits per heavy atom. The van der Waals surface area contributed by atoms with Crippen LogP contribution in [0.15, 0.2) is 121 Å². The van der Waals surface area contributed by atoms with Crippen LogP contribution in [0.3, 0.4) is 0 Å². The lowest BCUT2D eigenvalue weighted by molar-refractivity contribution is -0.169. The second-order valence-electron chi connectivity index (χ2n) is 11.3. The Bertz CT molecular complexity index is 1630. The van der Waals surface area contributed by atoms with Crippen LogP contribution >= 0.6 is 0 Å². The van der Waals surface area contributed by atoms with Gasteiger partial charge < -0.3 is 24.1 Å². The maximum absolute atomic E-state index is 13.7. The molecule has 5 atom stereocenters. The van der Waals surface area contributed by atoms with E-state index in [1.54, 1.807) is 31.2 Å². The van der Waals surface area contributed by atoms with Crippen molar-refractivity contribution in [2.24, 2.45) is 0 Å². The fraction of sp³-hybridized carbons (Fsp3) is 0.297. The lowest BCUT2D eigenvalue weighted by Gasteiger charge is -2.48. The standard InChI is InChI=1S/C37H40O7Si/c1-4-5-26-45(29-22-14-8-15-23-29,30-24-16-9-17-25-30)37(2,40)33-31(42-34(38)27-18-10-6-11-19-27)32(36(41-3)44-33)43-35(39)28-20-12-7-13-21-28/h6-25,31-33,36,40H,4-5,26H2,1-3H3/t31-,32+,33-,36+,37-/m0/s1/i18T,20T. The van der Waals surface area contributed by atoms with E-state index < -0.39 is 49.8 Å². The summed E-state index contributed by atoms with van der Waals surface area (Å²) in [6, 6.07) is 32.7. The van der Waals surface area contributed by atoms with Crippen LogP contribution in [0.25, 0.3) is 0 Å². The van der Waals surface area contributed by atoms with Gasteiger partial charge in [0.2, 0.25) is 0 Å². The summed E-state index contributed by atoms with van der Waals surface area (Å²) in [5.74, 6) is -1.65. The molecule has 0 unspecified atom stereocenters. The first kappa shape index (κ1) is 29.6. The number of rotatable bonds is 12. The van der Waals surface area contributed by atoms with Gasteiger partial charge in [-0.1, -0.05) is 127 Å². The molecule has 0 amide bonds. The van der Waals surface area contributed by atoms with E-state index in [4.69, 9.17) is 21.7 Å². The largest absolute Gasteiger partial charge is 0.452 e. The van der Waals surface area contributed by atoms with Crippen LogP contribution in [0.1, 0.15) is 50.1 Å². The molecule has 0 radical (unpaired) electrons. The molecule has 234 valence electrons. The van der Waals surface area contributed by atoms with Gasteiger partial charge in [-0.15, -0.1) is 0 Å². The summed E-state index contributed by atoms with van der Waals surface area (Å²) in [7, 11) is -1.87. The Labute approximate surface area is 268 Å². The Morgan fingerprint density at radius 3 is 1.73 bits per heavy atom. The number of methoxy groups -OCH3 is 1. The van der Waals surface area contributed by atoms with E-state index in [2.05, 4.69) is 6.92 Å². The summed E-state index contributed by atoms with van der Waals surface area (Å²) in [6.45, 7) is 3.81. The Morgan fingerprint density at radius 1 is 0.800 bits per heavy atom. The number of hydrogen-bond donors (Lipinski definition) is 1. The molecule has 4 aromatic carbocycles. The molecule has 0 aliphatic carbocycles. The molecule has 1 aliphatic rings. The molecule has 0 bridgehead atoms. The lowest BCUT2D eigenvalue weighted by atomic mass is 10.1. The zero-order valence-corrected chi connectivity index (χ0v) is 26.7. The van der Waals surface area contributed by atoms with Crippen LogP contribution in [0, 0.1) is 0 Å². The molecule has 1 fully saturated rings. The highest BCUT2D eigenvalue weighted by atomic mass is 28.3. The quantitative estimate of drug-likeness (QED) is 0.171. The van der Waals surface area contributed by atoms with Crippen LogP contribution in [-0.2, 0) is 18.9 Å². The van der Waals surface area contributed by atoms with E-state index in [9.17, 15) is 14.7 Å². The second kappa shape index (κ2) is 14.3. The first-order valence-electron chi connectivity index (χ1n) is 16.2. The molecule has 7 nitrogen and oxygen atoms in total. The molecule has 8 heteroatoms. The normalized spacial score (nSPS) is 21.7. The van der Waals surface area contributed by atoms with Crippen molar-refractivity contribution in [3.8, 4) is 0 Å². The average Bonchev–Trinajstić information content (AvgIpc) is 3.43. The van der Waals surface area contributed by atoms with Crippen molar-refractivity contribution in [1.82, 2.24) is 0 Å². The van der Waals surface area contributed by atoms with Gasteiger partial charge in [0.05, 0.1) is 19.1 Å². The van der Waals surface area contributed by atoms with Crippen molar-refractivity contribution < 1.29 is 36.4 Å². The second-order valence-corrected chi connectivity index (χ2v) is 15.8. The van der Waals surface area contributed by atoms with Gasteiger partial charge in [-0.3, -0.25) is 0 Å². The van der Waals surface area contributed by atoms with Gasteiger partial charge in [0, 0.05) is 7.11 Å². The van der Waals surface area contributed by atoms with Crippen LogP contribution in [0.2, 0.25) is 6.04 Å². The Hall–Kier alpha value is -4.08. The summed E-state index contributed by atoms with van der Waals surface area (Å²) in [6.07, 6.45) is -3.41. The first-order chi connectivity index (χ1) is 22.7. The van der Waals surface area contributed by atoms with E-state index in [1.165, 1.54) is 31.4 Å².